The molecule has 0 fully saturated rings. The predicted octanol–water partition coefficient (Wildman–Crippen LogP) is 2.19. The first-order chi connectivity index (χ1) is 11.9. The number of rotatable bonds is 5. The molecule has 0 spiro atoms. The fraction of sp³-hybridized carbons (Fsp3) is 0.333. The molecule has 0 amide bonds. The van der Waals surface area contributed by atoms with Gasteiger partial charge in [-0.25, -0.2) is 4.79 Å². The Kier molecular flexibility index (Phi) is 4.78. The van der Waals surface area contributed by atoms with Gasteiger partial charge in [0, 0.05) is 17.8 Å². The van der Waals surface area contributed by atoms with Crippen LogP contribution in [0.4, 0.5) is 0 Å². The normalized spacial score (nSPS) is 13.2. The van der Waals surface area contributed by atoms with Crippen LogP contribution in [0, 0.1) is 0 Å². The minimum absolute atomic E-state index is 0.0357. The van der Waals surface area contributed by atoms with E-state index in [2.05, 4.69) is 5.10 Å². The zero-order chi connectivity index (χ0) is 18.1. The Morgan fingerprint density at radius 2 is 2.28 bits per heavy atom. The molecule has 2 aromatic rings. The van der Waals surface area contributed by atoms with Gasteiger partial charge in [0.2, 0.25) is 0 Å². The number of aromatic nitrogens is 2. The second kappa shape index (κ2) is 6.85. The molecule has 0 unspecified atom stereocenters. The second-order valence-corrected chi connectivity index (χ2v) is 6.12. The van der Waals surface area contributed by atoms with Crippen molar-refractivity contribution in [2.45, 2.75) is 26.5 Å². The molecule has 0 atom stereocenters. The third-order valence-corrected chi connectivity index (χ3v) is 3.92. The maximum atomic E-state index is 11.6. The van der Waals surface area contributed by atoms with Crippen LogP contribution in [0.3, 0.4) is 0 Å². The molecule has 0 saturated carbocycles. The zero-order valence-corrected chi connectivity index (χ0v) is 14.4. The number of benzene rings is 1. The molecule has 0 saturated heterocycles. The average molecular weight is 367 g/mol. The van der Waals surface area contributed by atoms with Gasteiger partial charge in [-0.05, 0) is 26.0 Å². The van der Waals surface area contributed by atoms with Gasteiger partial charge in [0.05, 0.1) is 0 Å². The van der Waals surface area contributed by atoms with Crippen LogP contribution in [0.1, 0.15) is 35.8 Å². The van der Waals surface area contributed by atoms with Gasteiger partial charge in [0.1, 0.15) is 24.4 Å². The van der Waals surface area contributed by atoms with Gasteiger partial charge in [-0.2, -0.15) is 5.10 Å². The first-order valence-electron chi connectivity index (χ1n) is 7.61. The number of carboxylic acids is 1. The van der Waals surface area contributed by atoms with Crippen LogP contribution in [-0.2, 0) is 6.61 Å². The Labute approximate surface area is 149 Å². The van der Waals surface area contributed by atoms with E-state index in [4.69, 9.17) is 25.7 Å². The number of hydrogen-bond acceptors (Lipinski definition) is 6. The third kappa shape index (κ3) is 3.52. The quantitative estimate of drug-likeness (QED) is 0.782. The van der Waals surface area contributed by atoms with Gasteiger partial charge in [0.15, 0.2) is 16.7 Å². The first kappa shape index (κ1) is 17.4. The lowest BCUT2D eigenvalue weighted by atomic mass is 9.91. The smallest absolute Gasteiger partial charge is 0.531 e. The number of halogens is 1. The average Bonchev–Trinajstić information content (AvgIpc) is 2.93. The molecular formula is C15H16BClN2O6. The van der Waals surface area contributed by atoms with E-state index in [9.17, 15) is 14.9 Å². The maximum Gasteiger partial charge on any atom is 0.563 e. The molecule has 1 aliphatic rings. The van der Waals surface area contributed by atoms with E-state index < -0.39 is 13.1 Å². The molecule has 1 aliphatic heterocycles. The van der Waals surface area contributed by atoms with Gasteiger partial charge < -0.3 is 24.3 Å². The van der Waals surface area contributed by atoms with Gasteiger partial charge in [-0.15, -0.1) is 0 Å². The number of aromatic carboxylic acids is 1. The lowest BCUT2D eigenvalue weighted by molar-refractivity contribution is 0.0687. The van der Waals surface area contributed by atoms with Crippen molar-refractivity contribution in [2.24, 2.45) is 0 Å². The summed E-state index contributed by atoms with van der Waals surface area (Å²) in [6.45, 7) is 3.88. The van der Waals surface area contributed by atoms with Gasteiger partial charge in [0.25, 0.3) is 0 Å². The fourth-order valence-electron chi connectivity index (χ4n) is 2.35. The van der Waals surface area contributed by atoms with Crippen molar-refractivity contribution in [3.8, 4) is 17.2 Å². The largest absolute Gasteiger partial charge is 0.563 e. The molecular weight excluding hydrogens is 350 g/mol. The molecule has 2 N–H and O–H groups in total. The monoisotopic (exact) mass is 366 g/mol. The highest BCUT2D eigenvalue weighted by Crippen LogP contribution is 2.40. The topological polar surface area (TPSA) is 103 Å². The summed E-state index contributed by atoms with van der Waals surface area (Å²) >= 11 is 6.09. The molecule has 0 radical (unpaired) electrons. The van der Waals surface area contributed by atoms with Crippen LogP contribution in [0.15, 0.2) is 18.3 Å². The Morgan fingerprint density at radius 1 is 1.52 bits per heavy atom. The van der Waals surface area contributed by atoms with Crippen molar-refractivity contribution >= 4 is 24.7 Å². The number of nitrogens with zero attached hydrogens (tertiary/aromatic N) is 2. The first-order valence-corrected chi connectivity index (χ1v) is 7.98. The molecule has 25 heavy (non-hydrogen) atoms. The summed E-state index contributed by atoms with van der Waals surface area (Å²) in [4.78, 5) is 11.6. The molecule has 0 bridgehead atoms. The van der Waals surface area contributed by atoms with E-state index >= 15 is 0 Å². The predicted molar refractivity (Wildman–Crippen MR) is 89.5 cm³/mol. The lowest BCUT2D eigenvalue weighted by Gasteiger charge is -2.23. The summed E-state index contributed by atoms with van der Waals surface area (Å²) in [6, 6.07) is 3.14. The number of carbonyl (C=O) groups is 1. The summed E-state index contributed by atoms with van der Waals surface area (Å²) in [5.74, 6) is -1.00. The molecule has 8 nitrogen and oxygen atoms in total. The summed E-state index contributed by atoms with van der Waals surface area (Å²) < 4.78 is 17.8. The number of fused-ring (bicyclic) bond motifs is 1. The Hall–Kier alpha value is -2.39. The van der Waals surface area contributed by atoms with Crippen LogP contribution in [0.5, 0.6) is 17.2 Å². The van der Waals surface area contributed by atoms with Crippen molar-refractivity contribution in [3.63, 3.8) is 0 Å². The number of carboxylic acid groups (broad SMARTS) is 1. The van der Waals surface area contributed by atoms with Crippen LogP contribution in [0.25, 0.3) is 0 Å². The lowest BCUT2D eigenvalue weighted by Crippen LogP contribution is -2.34. The minimum atomic E-state index is -1.26. The van der Waals surface area contributed by atoms with Crippen molar-refractivity contribution in [2.75, 3.05) is 6.51 Å². The van der Waals surface area contributed by atoms with Crippen LogP contribution >= 0.6 is 11.6 Å². The Balaban J connectivity index is 1.88. The molecule has 132 valence electrons. The van der Waals surface area contributed by atoms with Crippen LogP contribution < -0.4 is 14.1 Å². The van der Waals surface area contributed by atoms with E-state index in [0.717, 1.165) is 0 Å². The fourth-order valence-corrected chi connectivity index (χ4v) is 2.54. The summed E-state index contributed by atoms with van der Waals surface area (Å²) in [7, 11) is -1.24. The van der Waals surface area contributed by atoms with Crippen molar-refractivity contribution in [1.82, 2.24) is 9.78 Å². The highest BCUT2D eigenvalue weighted by Gasteiger charge is 2.31. The highest BCUT2D eigenvalue weighted by atomic mass is 35.5. The van der Waals surface area contributed by atoms with E-state index in [1.54, 1.807) is 10.9 Å². The summed E-state index contributed by atoms with van der Waals surface area (Å²) in [5, 5.41) is 23.5. The van der Waals surface area contributed by atoms with E-state index in [1.807, 2.05) is 13.8 Å². The Morgan fingerprint density at radius 3 is 2.92 bits per heavy atom. The van der Waals surface area contributed by atoms with Crippen molar-refractivity contribution in [1.29, 1.82) is 0 Å². The molecule has 0 aliphatic carbocycles. The maximum absolute atomic E-state index is 11.6. The minimum Gasteiger partial charge on any atom is -0.531 e. The third-order valence-electron chi connectivity index (χ3n) is 3.60. The highest BCUT2D eigenvalue weighted by molar-refractivity contribution is 6.44. The van der Waals surface area contributed by atoms with E-state index in [-0.39, 0.29) is 42.0 Å². The second-order valence-electron chi connectivity index (χ2n) is 5.76. The number of hydrogen-bond donors (Lipinski definition) is 2. The standard InChI is InChI=1S/C15H16BClN2O6/c1-8(2)19-5-9(14(17)18-19)6-23-10-3-4-11-13(12(10)15(20)21)25-16(22)7-24-11/h3-5,8,22H,6-7H2,1-2H3,(H,20,21). The van der Waals surface area contributed by atoms with Crippen LogP contribution in [0.2, 0.25) is 5.15 Å². The molecule has 3 rings (SSSR count). The molecule has 2 heterocycles. The Bertz CT molecular complexity index is 810. The number of ether oxygens (including phenoxy) is 2. The van der Waals surface area contributed by atoms with E-state index in [1.165, 1.54) is 12.1 Å². The van der Waals surface area contributed by atoms with Crippen molar-refractivity contribution in [3.05, 3.63) is 34.6 Å². The van der Waals surface area contributed by atoms with Crippen molar-refractivity contribution < 1.29 is 29.1 Å². The zero-order valence-electron chi connectivity index (χ0n) is 13.6. The van der Waals surface area contributed by atoms with Gasteiger partial charge >= 0.3 is 13.1 Å². The molecule has 1 aromatic carbocycles. The van der Waals surface area contributed by atoms with Gasteiger partial charge in [-0.1, -0.05) is 11.6 Å². The SMILES string of the molecule is CC(C)n1cc(COc2ccc3c(c2C(=O)O)OB(O)CO3)c(Cl)n1. The molecule has 10 heteroatoms. The van der Waals surface area contributed by atoms with E-state index in [0.29, 0.717) is 10.7 Å². The van der Waals surface area contributed by atoms with Gasteiger partial charge in [-0.3, -0.25) is 4.68 Å². The summed E-state index contributed by atoms with van der Waals surface area (Å²) in [5.41, 5.74) is 0.408. The molecule has 1 aromatic heterocycles. The van der Waals surface area contributed by atoms with Crippen LogP contribution in [-0.4, -0.2) is 39.5 Å². The summed E-state index contributed by atoms with van der Waals surface area (Å²) in [6.07, 6.45) is 1.75.